The fourth-order valence-electron chi connectivity index (χ4n) is 3.32. The molecule has 160 valence electrons. The number of carbonyl (C=O) groups excluding carboxylic acids is 1. The van der Waals surface area contributed by atoms with Crippen molar-refractivity contribution in [2.24, 2.45) is 11.8 Å². The summed E-state index contributed by atoms with van der Waals surface area (Å²) in [4.78, 5) is 24.6. The zero-order valence-corrected chi connectivity index (χ0v) is 18.5. The number of carbonyl (C=O) groups is 2. The first-order valence-electron chi connectivity index (χ1n) is 10.7. The van der Waals surface area contributed by atoms with Gasteiger partial charge in [0.05, 0.1) is 6.10 Å². The van der Waals surface area contributed by atoms with Crippen LogP contribution in [0.5, 0.6) is 0 Å². The lowest BCUT2D eigenvalue weighted by Gasteiger charge is -2.25. The fraction of sp³-hybridized carbons (Fsp3) is 0.909. The van der Waals surface area contributed by atoms with E-state index in [1.165, 1.54) is 25.7 Å². The van der Waals surface area contributed by atoms with Gasteiger partial charge in [0.25, 0.3) is 0 Å². The Hall–Kier alpha value is -1.10. The quantitative estimate of drug-likeness (QED) is 0.295. The van der Waals surface area contributed by atoms with Gasteiger partial charge in [-0.3, -0.25) is 14.5 Å². The van der Waals surface area contributed by atoms with Gasteiger partial charge < -0.3 is 9.84 Å². The summed E-state index contributed by atoms with van der Waals surface area (Å²) in [5.41, 5.74) is 0. The van der Waals surface area contributed by atoms with Gasteiger partial charge in [0, 0.05) is 6.42 Å². The maximum absolute atomic E-state index is 12.2. The highest BCUT2D eigenvalue weighted by Crippen LogP contribution is 2.22. The van der Waals surface area contributed by atoms with Crippen molar-refractivity contribution in [3.05, 3.63) is 0 Å². The number of hydrogen-bond acceptors (Lipinski definition) is 4. The molecule has 5 nitrogen and oxygen atoms in total. The second kappa shape index (κ2) is 14.9. The minimum Gasteiger partial charge on any atom is -0.481 e. The Labute approximate surface area is 166 Å². The second-order valence-electron chi connectivity index (χ2n) is 8.68. The maximum Gasteiger partial charge on any atom is 0.323 e. The van der Waals surface area contributed by atoms with Crippen molar-refractivity contribution in [1.82, 2.24) is 4.90 Å². The number of carboxylic acid groups (broad SMARTS) is 1. The Balaban J connectivity index is 3.94. The number of hydrogen-bond donors (Lipinski definition) is 1. The molecule has 0 aliphatic heterocycles. The van der Waals surface area contributed by atoms with E-state index in [9.17, 15) is 9.59 Å². The molecule has 0 rings (SSSR count). The van der Waals surface area contributed by atoms with Gasteiger partial charge in [-0.05, 0) is 59.0 Å². The number of nitrogens with zero attached hydrogens (tertiary/aromatic N) is 1. The van der Waals surface area contributed by atoms with Crippen LogP contribution in [0.4, 0.5) is 0 Å². The lowest BCUT2D eigenvalue weighted by Crippen LogP contribution is -2.38. The summed E-state index contributed by atoms with van der Waals surface area (Å²) >= 11 is 0. The van der Waals surface area contributed by atoms with E-state index in [0.717, 1.165) is 32.1 Å². The molecular formula is C22H43NO4. The smallest absolute Gasteiger partial charge is 0.323 e. The van der Waals surface area contributed by atoms with Gasteiger partial charge >= 0.3 is 11.9 Å². The monoisotopic (exact) mass is 385 g/mol. The summed E-state index contributed by atoms with van der Waals surface area (Å²) in [6, 6.07) is -0.155. The maximum atomic E-state index is 12.2. The number of aliphatic carboxylic acids is 1. The largest absolute Gasteiger partial charge is 0.481 e. The number of esters is 1. The molecule has 0 aromatic heterocycles. The van der Waals surface area contributed by atoms with Crippen LogP contribution in [0.25, 0.3) is 0 Å². The Morgan fingerprint density at radius 1 is 0.815 bits per heavy atom. The third kappa shape index (κ3) is 14.6. The molecule has 0 spiro atoms. The van der Waals surface area contributed by atoms with E-state index < -0.39 is 5.97 Å². The van der Waals surface area contributed by atoms with Gasteiger partial charge in [-0.1, -0.05) is 52.4 Å². The molecule has 0 aromatic rings. The summed E-state index contributed by atoms with van der Waals surface area (Å²) in [7, 11) is 3.88. The molecule has 3 atom stereocenters. The number of carboxylic acids is 1. The van der Waals surface area contributed by atoms with Crippen LogP contribution >= 0.6 is 0 Å². The van der Waals surface area contributed by atoms with E-state index in [1.54, 1.807) is 0 Å². The average Bonchev–Trinajstić information content (AvgIpc) is 2.55. The molecule has 5 heteroatoms. The normalized spacial score (nSPS) is 15.0. The highest BCUT2D eigenvalue weighted by Gasteiger charge is 2.23. The number of unbranched alkanes of at least 4 members (excludes halogenated alkanes) is 3. The van der Waals surface area contributed by atoms with E-state index in [0.29, 0.717) is 18.3 Å². The average molecular weight is 386 g/mol. The predicted molar refractivity (Wildman–Crippen MR) is 111 cm³/mol. The first-order valence-corrected chi connectivity index (χ1v) is 10.7. The molecule has 0 radical (unpaired) electrons. The lowest BCUT2D eigenvalue weighted by atomic mass is 9.90. The highest BCUT2D eigenvalue weighted by atomic mass is 16.5. The molecule has 0 aliphatic carbocycles. The zero-order chi connectivity index (χ0) is 20.8. The van der Waals surface area contributed by atoms with E-state index in [4.69, 9.17) is 9.84 Å². The van der Waals surface area contributed by atoms with Gasteiger partial charge in [-0.25, -0.2) is 0 Å². The Bertz CT molecular complexity index is 409. The van der Waals surface area contributed by atoms with Crippen LogP contribution in [0, 0.1) is 11.8 Å². The Morgan fingerprint density at radius 2 is 1.33 bits per heavy atom. The van der Waals surface area contributed by atoms with Gasteiger partial charge in [0.15, 0.2) is 0 Å². The molecule has 0 saturated heterocycles. The molecule has 0 amide bonds. The lowest BCUT2D eigenvalue weighted by molar-refractivity contribution is -0.153. The summed E-state index contributed by atoms with van der Waals surface area (Å²) in [5, 5.41) is 8.63. The summed E-state index contributed by atoms with van der Waals surface area (Å²) in [5.74, 6) is 0.518. The topological polar surface area (TPSA) is 66.8 Å². The van der Waals surface area contributed by atoms with E-state index in [-0.39, 0.29) is 18.1 Å². The van der Waals surface area contributed by atoms with Crippen LogP contribution in [-0.4, -0.2) is 48.2 Å². The minimum atomic E-state index is -0.689. The molecule has 0 fully saturated rings. The third-order valence-corrected chi connectivity index (χ3v) is 5.17. The van der Waals surface area contributed by atoms with Crippen molar-refractivity contribution < 1.29 is 19.4 Å². The number of likely N-dealkylation sites (N-methyl/N-ethyl adjacent to an activating group) is 1. The van der Waals surface area contributed by atoms with Crippen LogP contribution in [0.1, 0.15) is 91.9 Å². The molecular weight excluding hydrogens is 342 g/mol. The van der Waals surface area contributed by atoms with Crippen molar-refractivity contribution >= 4 is 11.9 Å². The minimum absolute atomic E-state index is 0.0673. The van der Waals surface area contributed by atoms with Crippen LogP contribution < -0.4 is 0 Å². The van der Waals surface area contributed by atoms with E-state index in [2.05, 4.69) is 13.8 Å². The summed E-state index contributed by atoms with van der Waals surface area (Å²) in [6.45, 7) is 8.37. The summed E-state index contributed by atoms with van der Waals surface area (Å²) in [6.07, 6.45) is 9.90. The molecule has 0 aromatic carbocycles. The highest BCUT2D eigenvalue weighted by molar-refractivity contribution is 5.75. The van der Waals surface area contributed by atoms with Gasteiger partial charge in [-0.2, -0.15) is 0 Å². The molecule has 27 heavy (non-hydrogen) atoms. The van der Waals surface area contributed by atoms with Gasteiger partial charge in [-0.15, -0.1) is 0 Å². The molecule has 0 saturated carbocycles. The van der Waals surface area contributed by atoms with Gasteiger partial charge in [0.1, 0.15) is 6.04 Å². The molecule has 0 aliphatic rings. The first-order chi connectivity index (χ1) is 12.6. The SMILES string of the molecule is CC(CCCCCCC(=O)O)CCC(C)CCC(C(=O)OC(C)C)N(C)C. The van der Waals surface area contributed by atoms with Crippen LogP contribution in [0.2, 0.25) is 0 Å². The molecule has 0 heterocycles. The molecule has 0 bridgehead atoms. The van der Waals surface area contributed by atoms with Crippen molar-refractivity contribution in [3.63, 3.8) is 0 Å². The standard InChI is InChI=1S/C22H43NO4/c1-17(2)27-22(26)20(23(5)6)16-15-19(4)14-13-18(3)11-9-7-8-10-12-21(24)25/h17-20H,7-16H2,1-6H3,(H,24,25). The van der Waals surface area contributed by atoms with Crippen molar-refractivity contribution in [2.45, 2.75) is 104 Å². The van der Waals surface area contributed by atoms with Crippen LogP contribution in [0.3, 0.4) is 0 Å². The molecule has 3 unspecified atom stereocenters. The number of ether oxygens (including phenoxy) is 1. The van der Waals surface area contributed by atoms with Crippen molar-refractivity contribution in [3.8, 4) is 0 Å². The number of rotatable bonds is 16. The van der Waals surface area contributed by atoms with E-state index >= 15 is 0 Å². The van der Waals surface area contributed by atoms with Gasteiger partial charge in [0.2, 0.25) is 0 Å². The van der Waals surface area contributed by atoms with Crippen molar-refractivity contribution in [1.29, 1.82) is 0 Å². The second-order valence-corrected chi connectivity index (χ2v) is 8.68. The predicted octanol–water partition coefficient (Wildman–Crippen LogP) is 5.13. The molecule has 1 N–H and O–H groups in total. The van der Waals surface area contributed by atoms with Crippen LogP contribution in [-0.2, 0) is 14.3 Å². The zero-order valence-electron chi connectivity index (χ0n) is 18.5. The van der Waals surface area contributed by atoms with Crippen molar-refractivity contribution in [2.75, 3.05) is 14.1 Å². The van der Waals surface area contributed by atoms with E-state index in [1.807, 2.05) is 32.8 Å². The first kappa shape index (κ1) is 25.9. The Morgan fingerprint density at radius 3 is 1.85 bits per heavy atom. The summed E-state index contributed by atoms with van der Waals surface area (Å²) < 4.78 is 5.38. The fourth-order valence-corrected chi connectivity index (χ4v) is 3.32. The van der Waals surface area contributed by atoms with Crippen LogP contribution in [0.15, 0.2) is 0 Å². The third-order valence-electron chi connectivity index (χ3n) is 5.17. The Kier molecular flexibility index (Phi) is 14.3.